The lowest BCUT2D eigenvalue weighted by molar-refractivity contribution is -0.179. The van der Waals surface area contributed by atoms with Gasteiger partial charge in [0.2, 0.25) is 0 Å². The molecule has 0 saturated carbocycles. The van der Waals surface area contributed by atoms with E-state index in [1.807, 2.05) is 0 Å². The number of rotatable bonds is 66. The SMILES string of the molecule is CCCCCCCCC=CCCCCCCCC(=O)OC[C@@H](OC(=O)CCCCCCCC=CCCCCCCCC)[C@H]1OC[C@H](OC(=O)CCCCCCCC=CCCCCCCCC)[C@H]1OC(=O)CCCCCCCC=CCCCCCCCC. The van der Waals surface area contributed by atoms with Crippen LogP contribution in [-0.4, -0.2) is 61.5 Å². The molecule has 1 aliphatic heterocycles. The van der Waals surface area contributed by atoms with Crippen molar-refractivity contribution in [2.45, 2.75) is 412 Å². The van der Waals surface area contributed by atoms with E-state index in [0.29, 0.717) is 19.3 Å². The standard InChI is InChI=1S/C78H140O9/c1-5-9-13-17-21-25-29-33-37-41-45-49-53-57-61-65-73(79)83-69-71(85-74(80)66-62-58-54-50-46-42-38-34-30-26-22-18-14-10-6-2)77-78(87-76(82)68-64-60-56-52-48-44-40-36-32-28-24-20-16-12-8-4)72(70-84-77)86-75(81)67-63-59-55-51-47-43-39-35-31-27-23-19-15-11-7-3/h33-40,71-72,77-78H,5-32,41-70H2,1-4H3/t71-,72+,77-,78-/m1/s1. The molecular formula is C78H140O9. The first-order valence-corrected chi connectivity index (χ1v) is 37.8. The van der Waals surface area contributed by atoms with Gasteiger partial charge in [-0.25, -0.2) is 0 Å². The second-order valence-electron chi connectivity index (χ2n) is 25.8. The first-order chi connectivity index (χ1) is 42.9. The molecule has 0 bridgehead atoms. The summed E-state index contributed by atoms with van der Waals surface area (Å²) < 4.78 is 30.6. The number of carbonyl (C=O) groups is 4. The summed E-state index contributed by atoms with van der Waals surface area (Å²) in [6, 6.07) is 0. The van der Waals surface area contributed by atoms with Crippen LogP contribution in [0.4, 0.5) is 0 Å². The largest absolute Gasteiger partial charge is 0.462 e. The van der Waals surface area contributed by atoms with Gasteiger partial charge in [0.15, 0.2) is 18.3 Å². The van der Waals surface area contributed by atoms with Crippen LogP contribution in [-0.2, 0) is 42.9 Å². The normalized spacial score (nSPS) is 15.7. The molecule has 0 aromatic rings. The summed E-state index contributed by atoms with van der Waals surface area (Å²) in [5.41, 5.74) is 0. The molecule has 0 spiro atoms. The Morgan fingerprint density at radius 1 is 0.322 bits per heavy atom. The highest BCUT2D eigenvalue weighted by Gasteiger charge is 2.48. The van der Waals surface area contributed by atoms with Crippen molar-refractivity contribution in [2.75, 3.05) is 13.2 Å². The fourth-order valence-electron chi connectivity index (χ4n) is 11.6. The zero-order valence-corrected chi connectivity index (χ0v) is 57.6. The average molecular weight is 1220 g/mol. The molecule has 9 heteroatoms. The van der Waals surface area contributed by atoms with Crippen LogP contribution in [0.3, 0.4) is 0 Å². The Hall–Kier alpha value is -3.20. The highest BCUT2D eigenvalue weighted by atomic mass is 16.7. The van der Waals surface area contributed by atoms with E-state index < -0.39 is 36.4 Å². The van der Waals surface area contributed by atoms with Crippen LogP contribution in [0.25, 0.3) is 0 Å². The maximum absolute atomic E-state index is 13.7. The maximum Gasteiger partial charge on any atom is 0.306 e. The summed E-state index contributed by atoms with van der Waals surface area (Å²) >= 11 is 0. The molecule has 0 radical (unpaired) electrons. The van der Waals surface area contributed by atoms with E-state index in [2.05, 4.69) is 76.3 Å². The minimum atomic E-state index is -1.04. The molecular weight excluding hydrogens is 1080 g/mol. The third kappa shape index (κ3) is 55.4. The van der Waals surface area contributed by atoms with Crippen molar-refractivity contribution in [1.82, 2.24) is 0 Å². The van der Waals surface area contributed by atoms with Crippen molar-refractivity contribution < 1.29 is 42.9 Å². The Bertz CT molecular complexity index is 1650. The smallest absolute Gasteiger partial charge is 0.306 e. The van der Waals surface area contributed by atoms with Gasteiger partial charge < -0.3 is 23.7 Å². The molecule has 0 aromatic heterocycles. The van der Waals surface area contributed by atoms with E-state index in [1.165, 1.54) is 180 Å². The summed E-state index contributed by atoms with van der Waals surface area (Å²) in [6.45, 7) is 8.80. The maximum atomic E-state index is 13.7. The molecule has 0 unspecified atom stereocenters. The molecule has 1 saturated heterocycles. The topological polar surface area (TPSA) is 114 Å². The summed E-state index contributed by atoms with van der Waals surface area (Å²) in [5.74, 6) is -1.52. The van der Waals surface area contributed by atoms with E-state index in [4.69, 9.17) is 23.7 Å². The van der Waals surface area contributed by atoms with Crippen LogP contribution >= 0.6 is 0 Å². The predicted molar refractivity (Wildman–Crippen MR) is 368 cm³/mol. The number of esters is 4. The van der Waals surface area contributed by atoms with Crippen LogP contribution in [0.5, 0.6) is 0 Å². The predicted octanol–water partition coefficient (Wildman–Crippen LogP) is 23.8. The number of ether oxygens (including phenoxy) is 5. The fraction of sp³-hybridized carbons (Fsp3) is 0.846. The molecule has 1 aliphatic rings. The molecule has 1 fully saturated rings. The highest BCUT2D eigenvalue weighted by molar-refractivity contribution is 5.71. The summed E-state index contributed by atoms with van der Waals surface area (Å²) in [6.07, 6.45) is 76.5. The number of carbonyl (C=O) groups excluding carboxylic acids is 4. The zero-order valence-electron chi connectivity index (χ0n) is 57.6. The molecule has 1 rings (SSSR count). The van der Waals surface area contributed by atoms with Gasteiger partial charge in [0.05, 0.1) is 6.61 Å². The molecule has 0 aromatic carbocycles. The van der Waals surface area contributed by atoms with Crippen molar-refractivity contribution >= 4 is 23.9 Å². The molecule has 0 amide bonds. The minimum Gasteiger partial charge on any atom is -0.462 e. The lowest BCUT2D eigenvalue weighted by Crippen LogP contribution is -2.47. The Morgan fingerprint density at radius 3 is 0.885 bits per heavy atom. The van der Waals surface area contributed by atoms with Gasteiger partial charge in [0.1, 0.15) is 12.7 Å². The minimum absolute atomic E-state index is 0.0146. The monoisotopic (exact) mass is 1220 g/mol. The third-order valence-electron chi connectivity index (χ3n) is 17.3. The first kappa shape index (κ1) is 81.8. The molecule has 9 nitrogen and oxygen atoms in total. The van der Waals surface area contributed by atoms with Crippen LogP contribution < -0.4 is 0 Å². The van der Waals surface area contributed by atoms with Crippen molar-refractivity contribution in [2.24, 2.45) is 0 Å². The Labute approximate surface area is 537 Å². The molecule has 0 N–H and O–H groups in total. The molecule has 87 heavy (non-hydrogen) atoms. The zero-order chi connectivity index (χ0) is 62.8. The van der Waals surface area contributed by atoms with Crippen LogP contribution in [0.2, 0.25) is 0 Å². The summed E-state index contributed by atoms with van der Waals surface area (Å²) in [7, 11) is 0. The van der Waals surface area contributed by atoms with Crippen molar-refractivity contribution in [1.29, 1.82) is 0 Å². The first-order valence-electron chi connectivity index (χ1n) is 37.8. The van der Waals surface area contributed by atoms with Crippen molar-refractivity contribution in [3.63, 3.8) is 0 Å². The molecule has 0 aliphatic carbocycles. The van der Waals surface area contributed by atoms with Crippen molar-refractivity contribution in [3.05, 3.63) is 48.6 Å². The van der Waals surface area contributed by atoms with E-state index in [0.717, 1.165) is 135 Å². The van der Waals surface area contributed by atoms with Crippen molar-refractivity contribution in [3.8, 4) is 0 Å². The molecule has 1 heterocycles. The van der Waals surface area contributed by atoms with E-state index in [1.54, 1.807) is 0 Å². The molecule has 4 atom stereocenters. The third-order valence-corrected chi connectivity index (χ3v) is 17.3. The van der Waals surface area contributed by atoms with E-state index in [-0.39, 0.29) is 50.8 Å². The lowest BCUT2D eigenvalue weighted by Gasteiger charge is -2.28. The van der Waals surface area contributed by atoms with Gasteiger partial charge in [-0.2, -0.15) is 0 Å². The quantitative estimate of drug-likeness (QED) is 0.0254. The van der Waals surface area contributed by atoms with Gasteiger partial charge in [0, 0.05) is 25.7 Å². The number of unbranched alkanes of at least 4 members (excludes halogenated alkanes) is 44. The van der Waals surface area contributed by atoms with Gasteiger partial charge in [0.25, 0.3) is 0 Å². The van der Waals surface area contributed by atoms with E-state index in [9.17, 15) is 19.2 Å². The highest BCUT2D eigenvalue weighted by Crippen LogP contribution is 2.28. The number of hydrogen-bond acceptors (Lipinski definition) is 9. The van der Waals surface area contributed by atoms with Crippen LogP contribution in [0, 0.1) is 0 Å². The van der Waals surface area contributed by atoms with Crippen LogP contribution in [0.1, 0.15) is 387 Å². The summed E-state index contributed by atoms with van der Waals surface area (Å²) in [5, 5.41) is 0. The fourth-order valence-corrected chi connectivity index (χ4v) is 11.6. The number of allylic oxidation sites excluding steroid dienone is 8. The Kier molecular flexibility index (Phi) is 61.8. The lowest BCUT2D eigenvalue weighted by atomic mass is 10.0. The van der Waals surface area contributed by atoms with E-state index >= 15 is 0 Å². The van der Waals surface area contributed by atoms with Gasteiger partial charge in [-0.15, -0.1) is 0 Å². The second-order valence-corrected chi connectivity index (χ2v) is 25.8. The molecule has 506 valence electrons. The van der Waals surface area contributed by atoms with Gasteiger partial charge in [-0.3, -0.25) is 19.2 Å². The summed E-state index contributed by atoms with van der Waals surface area (Å²) in [4.78, 5) is 54.1. The van der Waals surface area contributed by atoms with Gasteiger partial charge in [-0.1, -0.05) is 282 Å². The number of hydrogen-bond donors (Lipinski definition) is 0. The second kappa shape index (κ2) is 65.7. The van der Waals surface area contributed by atoms with Gasteiger partial charge in [-0.05, 0) is 128 Å². The average Bonchev–Trinajstić information content (AvgIpc) is 2.48. The Balaban J connectivity index is 2.91. The van der Waals surface area contributed by atoms with Crippen LogP contribution in [0.15, 0.2) is 48.6 Å². The Morgan fingerprint density at radius 2 is 0.575 bits per heavy atom. The van der Waals surface area contributed by atoms with Gasteiger partial charge >= 0.3 is 23.9 Å².